The standard InChI is InChI=1S/C11H12O2/c12-10(13)11(7-8-11)9-5-3-1-2-4-6-9/h1,3-6H,2,7-8H2,(H,12,13). The number of hydrogen-bond acceptors (Lipinski definition) is 1. The van der Waals surface area contributed by atoms with Crippen LogP contribution < -0.4 is 0 Å². The topological polar surface area (TPSA) is 37.3 Å². The molecule has 0 atom stereocenters. The van der Waals surface area contributed by atoms with E-state index >= 15 is 0 Å². The Morgan fingerprint density at radius 2 is 2.15 bits per heavy atom. The van der Waals surface area contributed by atoms with Crippen molar-refractivity contribution in [3.63, 3.8) is 0 Å². The number of carboxylic acids is 1. The van der Waals surface area contributed by atoms with Gasteiger partial charge in [0, 0.05) is 0 Å². The summed E-state index contributed by atoms with van der Waals surface area (Å²) in [5, 5.41) is 9.05. The van der Waals surface area contributed by atoms with Gasteiger partial charge in [0.05, 0.1) is 5.41 Å². The van der Waals surface area contributed by atoms with Crippen molar-refractivity contribution in [1.29, 1.82) is 0 Å². The summed E-state index contributed by atoms with van der Waals surface area (Å²) in [6.45, 7) is 0. The minimum atomic E-state index is -0.682. The molecule has 2 aliphatic rings. The average molecular weight is 176 g/mol. The van der Waals surface area contributed by atoms with Crippen LogP contribution in [-0.4, -0.2) is 11.1 Å². The van der Waals surface area contributed by atoms with Gasteiger partial charge in [-0.2, -0.15) is 0 Å². The maximum absolute atomic E-state index is 11.0. The highest BCUT2D eigenvalue weighted by Crippen LogP contribution is 2.52. The molecule has 13 heavy (non-hydrogen) atoms. The normalized spacial score (nSPS) is 23.5. The molecule has 0 bridgehead atoms. The van der Waals surface area contributed by atoms with Gasteiger partial charge in [-0.05, 0) is 24.8 Å². The van der Waals surface area contributed by atoms with Gasteiger partial charge in [0.15, 0.2) is 0 Å². The van der Waals surface area contributed by atoms with Gasteiger partial charge < -0.3 is 5.11 Å². The predicted octanol–water partition coefficient (Wildman–Crippen LogP) is 2.29. The fraction of sp³-hybridized carbons (Fsp3) is 0.364. The summed E-state index contributed by atoms with van der Waals surface area (Å²) in [7, 11) is 0. The van der Waals surface area contributed by atoms with Crippen LogP contribution in [0.5, 0.6) is 0 Å². The van der Waals surface area contributed by atoms with E-state index in [1.54, 1.807) is 0 Å². The molecule has 0 heterocycles. The molecule has 1 N–H and O–H groups in total. The molecule has 0 saturated heterocycles. The van der Waals surface area contributed by atoms with Gasteiger partial charge in [-0.1, -0.05) is 30.4 Å². The number of hydrogen-bond donors (Lipinski definition) is 1. The van der Waals surface area contributed by atoms with Gasteiger partial charge in [0.2, 0.25) is 0 Å². The summed E-state index contributed by atoms with van der Waals surface area (Å²) < 4.78 is 0. The molecule has 1 fully saturated rings. The minimum Gasteiger partial charge on any atom is -0.481 e. The molecule has 2 nitrogen and oxygen atoms in total. The molecule has 0 radical (unpaired) electrons. The van der Waals surface area contributed by atoms with Crippen LogP contribution in [0, 0.1) is 5.41 Å². The smallest absolute Gasteiger partial charge is 0.314 e. The molecule has 1 saturated carbocycles. The molecule has 2 heteroatoms. The first-order valence-corrected chi connectivity index (χ1v) is 4.53. The number of carboxylic acid groups (broad SMARTS) is 1. The quantitative estimate of drug-likeness (QED) is 0.700. The second-order valence-corrected chi connectivity index (χ2v) is 3.58. The zero-order valence-electron chi connectivity index (χ0n) is 7.36. The van der Waals surface area contributed by atoms with E-state index in [0.717, 1.165) is 24.8 Å². The molecular weight excluding hydrogens is 164 g/mol. The fourth-order valence-electron chi connectivity index (χ4n) is 1.65. The molecule has 2 aliphatic carbocycles. The Balaban J connectivity index is 2.29. The summed E-state index contributed by atoms with van der Waals surface area (Å²) in [6.07, 6.45) is 12.3. The lowest BCUT2D eigenvalue weighted by molar-refractivity contribution is -0.141. The highest BCUT2D eigenvalue weighted by Gasteiger charge is 2.52. The second kappa shape index (κ2) is 2.87. The Bertz CT molecular complexity index is 317. The fourth-order valence-corrected chi connectivity index (χ4v) is 1.65. The maximum Gasteiger partial charge on any atom is 0.314 e. The second-order valence-electron chi connectivity index (χ2n) is 3.58. The lowest BCUT2D eigenvalue weighted by atomic mass is 9.95. The van der Waals surface area contributed by atoms with Gasteiger partial charge >= 0.3 is 5.97 Å². The van der Waals surface area contributed by atoms with Crippen LogP contribution in [0.15, 0.2) is 36.0 Å². The summed E-state index contributed by atoms with van der Waals surface area (Å²) in [5.74, 6) is -0.682. The lowest BCUT2D eigenvalue weighted by Gasteiger charge is -2.09. The monoisotopic (exact) mass is 176 g/mol. The summed E-state index contributed by atoms with van der Waals surface area (Å²) in [6, 6.07) is 0. The van der Waals surface area contributed by atoms with Crippen molar-refractivity contribution < 1.29 is 9.90 Å². The first kappa shape index (κ1) is 8.30. The van der Waals surface area contributed by atoms with E-state index in [1.807, 2.05) is 30.4 Å². The van der Waals surface area contributed by atoms with Crippen molar-refractivity contribution >= 4 is 5.97 Å². The summed E-state index contributed by atoms with van der Waals surface area (Å²) >= 11 is 0. The van der Waals surface area contributed by atoms with Crippen molar-refractivity contribution in [1.82, 2.24) is 0 Å². The Hall–Kier alpha value is -1.31. The van der Waals surface area contributed by atoms with Gasteiger partial charge in [-0.3, -0.25) is 4.79 Å². The molecule has 68 valence electrons. The largest absolute Gasteiger partial charge is 0.481 e. The minimum absolute atomic E-state index is 0.550. The highest BCUT2D eigenvalue weighted by molar-refractivity contribution is 5.83. The lowest BCUT2D eigenvalue weighted by Crippen LogP contribution is -2.16. The van der Waals surface area contributed by atoms with Gasteiger partial charge in [-0.25, -0.2) is 0 Å². The van der Waals surface area contributed by atoms with E-state index in [4.69, 9.17) is 5.11 Å². The van der Waals surface area contributed by atoms with Crippen molar-refractivity contribution in [3.8, 4) is 0 Å². The zero-order valence-corrected chi connectivity index (χ0v) is 7.36. The van der Waals surface area contributed by atoms with E-state index in [2.05, 4.69) is 0 Å². The summed E-state index contributed by atoms with van der Waals surface area (Å²) in [5.41, 5.74) is 0.402. The van der Waals surface area contributed by atoms with Crippen molar-refractivity contribution in [2.24, 2.45) is 5.41 Å². The van der Waals surface area contributed by atoms with E-state index in [1.165, 1.54) is 0 Å². The molecule has 0 amide bonds. The zero-order chi connectivity index (χ0) is 9.31. The van der Waals surface area contributed by atoms with Gasteiger partial charge in [0.1, 0.15) is 0 Å². The molecular formula is C11H12O2. The Kier molecular flexibility index (Phi) is 1.83. The SMILES string of the molecule is O=C(O)C1(C2=CC=CCC=C2)CC1. The van der Waals surface area contributed by atoms with E-state index < -0.39 is 11.4 Å². The van der Waals surface area contributed by atoms with E-state index in [0.29, 0.717) is 0 Å². The Morgan fingerprint density at radius 3 is 2.77 bits per heavy atom. The molecule has 0 spiro atoms. The summed E-state index contributed by atoms with van der Waals surface area (Å²) in [4.78, 5) is 11.0. The molecule has 0 unspecified atom stereocenters. The number of aliphatic carboxylic acids is 1. The van der Waals surface area contributed by atoms with E-state index in [-0.39, 0.29) is 0 Å². The molecule has 2 rings (SSSR count). The first-order chi connectivity index (χ1) is 6.26. The van der Waals surface area contributed by atoms with Crippen LogP contribution in [0.25, 0.3) is 0 Å². The van der Waals surface area contributed by atoms with Crippen molar-refractivity contribution in [2.75, 3.05) is 0 Å². The average Bonchev–Trinajstić information content (AvgIpc) is 2.90. The van der Waals surface area contributed by atoms with Crippen LogP contribution >= 0.6 is 0 Å². The van der Waals surface area contributed by atoms with Crippen molar-refractivity contribution in [2.45, 2.75) is 19.3 Å². The molecule has 0 aliphatic heterocycles. The number of allylic oxidation sites excluding steroid dienone is 5. The number of carbonyl (C=O) groups is 1. The van der Waals surface area contributed by atoms with Crippen LogP contribution in [0.4, 0.5) is 0 Å². The van der Waals surface area contributed by atoms with Crippen LogP contribution in [0.2, 0.25) is 0 Å². The third kappa shape index (κ3) is 1.32. The Labute approximate surface area is 77.3 Å². The van der Waals surface area contributed by atoms with Crippen LogP contribution in [0.1, 0.15) is 19.3 Å². The third-order valence-electron chi connectivity index (χ3n) is 2.69. The predicted molar refractivity (Wildman–Crippen MR) is 50.3 cm³/mol. The van der Waals surface area contributed by atoms with Crippen molar-refractivity contribution in [3.05, 3.63) is 36.0 Å². The third-order valence-corrected chi connectivity index (χ3v) is 2.69. The molecule has 0 aromatic carbocycles. The Morgan fingerprint density at radius 1 is 1.38 bits per heavy atom. The van der Waals surface area contributed by atoms with E-state index in [9.17, 15) is 4.79 Å². The van der Waals surface area contributed by atoms with Crippen LogP contribution in [0.3, 0.4) is 0 Å². The van der Waals surface area contributed by atoms with Crippen LogP contribution in [-0.2, 0) is 4.79 Å². The highest BCUT2D eigenvalue weighted by atomic mass is 16.4. The number of rotatable bonds is 2. The first-order valence-electron chi connectivity index (χ1n) is 4.53. The van der Waals surface area contributed by atoms with Gasteiger partial charge in [-0.15, -0.1) is 0 Å². The molecule has 0 aromatic heterocycles. The maximum atomic E-state index is 11.0. The molecule has 0 aromatic rings. The van der Waals surface area contributed by atoms with Gasteiger partial charge in [0.25, 0.3) is 0 Å².